The van der Waals surface area contributed by atoms with Crippen molar-refractivity contribution < 1.29 is 9.47 Å². The SMILES string of the molecule is COc1cc(OC)nc(NCC2CN(C)CCN2C)n1. The average Bonchev–Trinajstić information content (AvgIpc) is 2.47. The number of piperazine rings is 1. The van der Waals surface area contributed by atoms with Crippen molar-refractivity contribution in [2.75, 3.05) is 59.8 Å². The lowest BCUT2D eigenvalue weighted by Crippen LogP contribution is -2.52. The highest BCUT2D eigenvalue weighted by molar-refractivity contribution is 5.33. The minimum Gasteiger partial charge on any atom is -0.481 e. The van der Waals surface area contributed by atoms with Crippen LogP contribution in [0, 0.1) is 0 Å². The van der Waals surface area contributed by atoms with E-state index in [0.29, 0.717) is 23.8 Å². The number of anilines is 1. The van der Waals surface area contributed by atoms with E-state index in [1.54, 1.807) is 20.3 Å². The summed E-state index contributed by atoms with van der Waals surface area (Å²) >= 11 is 0. The van der Waals surface area contributed by atoms with Crippen LogP contribution in [0.1, 0.15) is 0 Å². The van der Waals surface area contributed by atoms with Crippen LogP contribution in [0.4, 0.5) is 5.95 Å². The third-order valence-corrected chi connectivity index (χ3v) is 3.57. The number of hydrogen-bond donors (Lipinski definition) is 1. The van der Waals surface area contributed by atoms with E-state index in [-0.39, 0.29) is 0 Å². The molecular formula is C13H23N5O2. The van der Waals surface area contributed by atoms with Gasteiger partial charge in [0, 0.05) is 32.2 Å². The number of ether oxygens (including phenoxy) is 2. The number of rotatable bonds is 5. The molecule has 2 heterocycles. The molecule has 1 aliphatic rings. The van der Waals surface area contributed by atoms with E-state index in [2.05, 4.69) is 39.2 Å². The lowest BCUT2D eigenvalue weighted by Gasteiger charge is -2.37. The zero-order valence-corrected chi connectivity index (χ0v) is 12.6. The van der Waals surface area contributed by atoms with Gasteiger partial charge in [-0.2, -0.15) is 9.97 Å². The first-order valence-corrected chi connectivity index (χ1v) is 6.72. The molecule has 1 aliphatic heterocycles. The normalized spacial score (nSPS) is 20.7. The zero-order chi connectivity index (χ0) is 14.5. The Morgan fingerprint density at radius 1 is 1.20 bits per heavy atom. The van der Waals surface area contributed by atoms with Crippen molar-refractivity contribution in [3.05, 3.63) is 6.07 Å². The van der Waals surface area contributed by atoms with Gasteiger partial charge < -0.3 is 19.7 Å². The second-order valence-electron chi connectivity index (χ2n) is 5.05. The van der Waals surface area contributed by atoms with Gasteiger partial charge in [0.2, 0.25) is 17.7 Å². The maximum absolute atomic E-state index is 5.14. The van der Waals surface area contributed by atoms with Crippen LogP contribution in [-0.2, 0) is 0 Å². The summed E-state index contributed by atoms with van der Waals surface area (Å²) in [6, 6.07) is 2.10. The van der Waals surface area contributed by atoms with Crippen molar-refractivity contribution in [1.29, 1.82) is 0 Å². The Balaban J connectivity index is 1.99. The van der Waals surface area contributed by atoms with Crippen molar-refractivity contribution in [2.45, 2.75) is 6.04 Å². The fourth-order valence-electron chi connectivity index (χ4n) is 2.22. The van der Waals surface area contributed by atoms with Crippen LogP contribution >= 0.6 is 0 Å². The Morgan fingerprint density at radius 3 is 2.45 bits per heavy atom. The van der Waals surface area contributed by atoms with Crippen LogP contribution < -0.4 is 14.8 Å². The second kappa shape index (κ2) is 6.71. The predicted octanol–water partition coefficient (Wildman–Crippen LogP) is 0.152. The number of methoxy groups -OCH3 is 2. The molecule has 0 aromatic carbocycles. The van der Waals surface area contributed by atoms with Crippen LogP contribution in [0.15, 0.2) is 6.07 Å². The topological polar surface area (TPSA) is 62.8 Å². The summed E-state index contributed by atoms with van der Waals surface area (Å²) in [6.07, 6.45) is 0. The van der Waals surface area contributed by atoms with Crippen molar-refractivity contribution in [1.82, 2.24) is 19.8 Å². The van der Waals surface area contributed by atoms with E-state index in [1.165, 1.54) is 0 Å². The first-order chi connectivity index (χ1) is 9.62. The number of nitrogens with zero attached hydrogens (tertiary/aromatic N) is 4. The molecule has 1 aromatic rings. The summed E-state index contributed by atoms with van der Waals surface area (Å²) in [5.74, 6) is 1.52. The summed E-state index contributed by atoms with van der Waals surface area (Å²) in [6.45, 7) is 4.00. The van der Waals surface area contributed by atoms with Gasteiger partial charge in [-0.1, -0.05) is 0 Å². The van der Waals surface area contributed by atoms with E-state index in [0.717, 1.165) is 26.2 Å². The largest absolute Gasteiger partial charge is 0.481 e. The summed E-state index contributed by atoms with van der Waals surface area (Å²) in [5, 5.41) is 3.26. The molecule has 20 heavy (non-hydrogen) atoms. The fourth-order valence-corrected chi connectivity index (χ4v) is 2.22. The van der Waals surface area contributed by atoms with Crippen molar-refractivity contribution in [3.8, 4) is 11.8 Å². The smallest absolute Gasteiger partial charge is 0.229 e. The molecule has 0 spiro atoms. The second-order valence-corrected chi connectivity index (χ2v) is 5.05. The average molecular weight is 281 g/mol. The van der Waals surface area contributed by atoms with E-state index < -0.39 is 0 Å². The Morgan fingerprint density at radius 2 is 1.85 bits per heavy atom. The third kappa shape index (κ3) is 3.71. The number of nitrogens with one attached hydrogen (secondary N) is 1. The molecule has 1 N–H and O–H groups in total. The molecular weight excluding hydrogens is 258 g/mol. The third-order valence-electron chi connectivity index (χ3n) is 3.57. The zero-order valence-electron chi connectivity index (χ0n) is 12.6. The van der Waals surface area contributed by atoms with Gasteiger partial charge in [-0.15, -0.1) is 0 Å². The van der Waals surface area contributed by atoms with Crippen LogP contribution in [0.2, 0.25) is 0 Å². The molecule has 7 nitrogen and oxygen atoms in total. The van der Waals surface area contributed by atoms with E-state index in [9.17, 15) is 0 Å². The molecule has 2 rings (SSSR count). The molecule has 112 valence electrons. The van der Waals surface area contributed by atoms with Gasteiger partial charge in [-0.25, -0.2) is 0 Å². The maximum Gasteiger partial charge on any atom is 0.229 e. The molecule has 1 saturated heterocycles. The lowest BCUT2D eigenvalue weighted by atomic mass is 10.2. The molecule has 1 unspecified atom stereocenters. The molecule has 1 fully saturated rings. The monoisotopic (exact) mass is 281 g/mol. The van der Waals surface area contributed by atoms with Gasteiger partial charge in [0.15, 0.2) is 0 Å². The molecule has 0 saturated carbocycles. The van der Waals surface area contributed by atoms with Crippen molar-refractivity contribution in [3.63, 3.8) is 0 Å². The molecule has 1 atom stereocenters. The van der Waals surface area contributed by atoms with Gasteiger partial charge in [0.25, 0.3) is 0 Å². The predicted molar refractivity (Wildman–Crippen MR) is 77.5 cm³/mol. The molecule has 0 aliphatic carbocycles. The minimum absolute atomic E-state index is 0.439. The van der Waals surface area contributed by atoms with Crippen LogP contribution in [0.3, 0.4) is 0 Å². The summed E-state index contributed by atoms with van der Waals surface area (Å²) < 4.78 is 10.3. The van der Waals surface area contributed by atoms with Crippen molar-refractivity contribution in [2.24, 2.45) is 0 Å². The summed E-state index contributed by atoms with van der Waals surface area (Å²) in [4.78, 5) is 13.2. The molecule has 1 aromatic heterocycles. The number of aromatic nitrogens is 2. The molecule has 7 heteroatoms. The van der Waals surface area contributed by atoms with E-state index >= 15 is 0 Å². The summed E-state index contributed by atoms with van der Waals surface area (Å²) in [5.41, 5.74) is 0. The highest BCUT2D eigenvalue weighted by Gasteiger charge is 2.22. The standard InChI is InChI=1S/C13H23N5O2/c1-17-5-6-18(2)10(9-17)8-14-13-15-11(19-3)7-12(16-13)20-4/h7,10H,5-6,8-9H2,1-4H3,(H,14,15,16). The Hall–Kier alpha value is -1.60. The Labute approximate surface area is 119 Å². The van der Waals surface area contributed by atoms with Crippen LogP contribution in [0.25, 0.3) is 0 Å². The first-order valence-electron chi connectivity index (χ1n) is 6.72. The van der Waals surface area contributed by atoms with Gasteiger partial charge in [0.1, 0.15) is 0 Å². The number of hydrogen-bond acceptors (Lipinski definition) is 7. The van der Waals surface area contributed by atoms with Gasteiger partial charge in [-0.05, 0) is 14.1 Å². The maximum atomic E-state index is 5.14. The van der Waals surface area contributed by atoms with Crippen LogP contribution in [-0.4, -0.2) is 80.3 Å². The van der Waals surface area contributed by atoms with Gasteiger partial charge in [0.05, 0.1) is 20.3 Å². The lowest BCUT2D eigenvalue weighted by molar-refractivity contribution is 0.121. The quantitative estimate of drug-likeness (QED) is 0.824. The molecule has 0 amide bonds. The highest BCUT2D eigenvalue weighted by atomic mass is 16.5. The van der Waals surface area contributed by atoms with Gasteiger partial charge in [-0.3, -0.25) is 4.90 Å². The van der Waals surface area contributed by atoms with E-state index in [1.807, 2.05) is 0 Å². The number of likely N-dealkylation sites (N-methyl/N-ethyl adjacent to an activating group) is 2. The van der Waals surface area contributed by atoms with Crippen molar-refractivity contribution >= 4 is 5.95 Å². The van der Waals surface area contributed by atoms with Gasteiger partial charge >= 0.3 is 0 Å². The summed E-state index contributed by atoms with van der Waals surface area (Å²) in [7, 11) is 7.45. The fraction of sp³-hybridized carbons (Fsp3) is 0.692. The first kappa shape index (κ1) is 14.8. The highest BCUT2D eigenvalue weighted by Crippen LogP contribution is 2.17. The Bertz CT molecular complexity index is 421. The molecule has 0 bridgehead atoms. The molecule has 0 radical (unpaired) electrons. The van der Waals surface area contributed by atoms with E-state index in [4.69, 9.17) is 9.47 Å². The minimum atomic E-state index is 0.439. The van der Waals surface area contributed by atoms with Crippen LogP contribution in [0.5, 0.6) is 11.8 Å². The Kier molecular flexibility index (Phi) is 4.97.